The van der Waals surface area contributed by atoms with E-state index in [1.54, 1.807) is 7.11 Å². The molecule has 0 spiro atoms. The number of nitrogens with zero attached hydrogens (tertiary/aromatic N) is 3. The number of methoxy groups -OCH3 is 1. The van der Waals surface area contributed by atoms with Gasteiger partial charge in [-0.05, 0) is 48.3 Å². The Hall–Kier alpha value is -2.10. The summed E-state index contributed by atoms with van der Waals surface area (Å²) in [6, 6.07) is 6.62. The molecule has 2 rings (SSSR count). The molecular weight excluding hydrogens is 430 g/mol. The van der Waals surface area contributed by atoms with Gasteiger partial charge in [-0.25, -0.2) is 0 Å². The van der Waals surface area contributed by atoms with E-state index in [1.807, 2.05) is 31.2 Å². The lowest BCUT2D eigenvalue weighted by Crippen LogP contribution is -2.61. The molecule has 9 nitrogen and oxygen atoms in total. The minimum atomic E-state index is -2.23. The van der Waals surface area contributed by atoms with Gasteiger partial charge in [-0.2, -0.15) is 0 Å². The third-order valence-corrected chi connectivity index (χ3v) is 10.5. The summed E-state index contributed by atoms with van der Waals surface area (Å²) < 4.78 is 29.4. The molecule has 1 heterocycles. The molecule has 178 valence electrons. The van der Waals surface area contributed by atoms with Gasteiger partial charge >= 0.3 is 5.97 Å². The quantitative estimate of drug-likeness (QED) is 0.176. The van der Waals surface area contributed by atoms with Crippen LogP contribution in [0.15, 0.2) is 29.4 Å². The Morgan fingerprint density at radius 2 is 1.84 bits per heavy atom. The summed E-state index contributed by atoms with van der Waals surface area (Å²) >= 11 is 0. The van der Waals surface area contributed by atoms with Crippen molar-refractivity contribution in [2.45, 2.75) is 90.0 Å². The second-order valence-corrected chi connectivity index (χ2v) is 14.2. The van der Waals surface area contributed by atoms with Crippen LogP contribution in [-0.2, 0) is 30.0 Å². The van der Waals surface area contributed by atoms with Gasteiger partial charge in [0.1, 0.15) is 11.8 Å². The van der Waals surface area contributed by atoms with Crippen molar-refractivity contribution in [2.24, 2.45) is 5.11 Å². The molecule has 5 atom stereocenters. The maximum Gasteiger partial charge on any atom is 0.303 e. The first-order valence-electron chi connectivity index (χ1n) is 10.7. The van der Waals surface area contributed by atoms with Crippen LogP contribution in [0, 0.1) is 0 Å². The molecule has 0 aromatic heterocycles. The van der Waals surface area contributed by atoms with Crippen LogP contribution in [0.2, 0.25) is 18.1 Å². The highest BCUT2D eigenvalue weighted by molar-refractivity contribution is 6.74. The number of carbonyl (C=O) groups is 1. The SMILES string of the molecule is COc1ccc(CO[C@@H]2O[C@H](C)C(O[Si](C)(C)C(C)(C)C)[C@H](N=[N+]=[N-])C2OC(C)=O)cc1. The molecule has 0 saturated carbocycles. The van der Waals surface area contributed by atoms with Crippen molar-refractivity contribution < 1.29 is 28.2 Å². The van der Waals surface area contributed by atoms with Crippen molar-refractivity contribution in [1.29, 1.82) is 0 Å². The van der Waals surface area contributed by atoms with Gasteiger partial charge in [0.2, 0.25) is 0 Å². The Labute approximate surface area is 191 Å². The Morgan fingerprint density at radius 1 is 1.22 bits per heavy atom. The predicted molar refractivity (Wildman–Crippen MR) is 123 cm³/mol. The molecule has 1 aromatic carbocycles. The summed E-state index contributed by atoms with van der Waals surface area (Å²) in [6.45, 7) is 14.0. The van der Waals surface area contributed by atoms with Gasteiger partial charge in [-0.15, -0.1) is 0 Å². The third kappa shape index (κ3) is 6.46. The van der Waals surface area contributed by atoms with Crippen LogP contribution >= 0.6 is 0 Å². The zero-order chi connectivity index (χ0) is 24.1. The molecule has 1 aromatic rings. The van der Waals surface area contributed by atoms with E-state index in [1.165, 1.54) is 6.92 Å². The highest BCUT2D eigenvalue weighted by Gasteiger charge is 2.50. The minimum Gasteiger partial charge on any atom is -0.497 e. The standard InChI is InChI=1S/C22H35N3O6Si/c1-14-19(31-32(7,8)22(3,4)5)18(24-25-23)20(30-15(2)26)21(29-14)28-13-16-9-11-17(27-6)12-10-16/h9-12,14,18-21H,13H2,1-8H3/t14-,18+,19?,20?,21-/m1/s1. The van der Waals surface area contributed by atoms with Crippen molar-refractivity contribution in [1.82, 2.24) is 0 Å². The van der Waals surface area contributed by atoms with Crippen LogP contribution in [0.3, 0.4) is 0 Å². The van der Waals surface area contributed by atoms with Crippen molar-refractivity contribution in [3.63, 3.8) is 0 Å². The molecule has 0 aliphatic carbocycles. The molecule has 1 aliphatic rings. The van der Waals surface area contributed by atoms with Gasteiger partial charge in [0.25, 0.3) is 0 Å². The lowest BCUT2D eigenvalue weighted by molar-refractivity contribution is -0.273. The molecule has 0 amide bonds. The normalized spacial score (nSPS) is 26.2. The number of ether oxygens (including phenoxy) is 4. The van der Waals surface area contributed by atoms with Gasteiger partial charge in [0.15, 0.2) is 20.7 Å². The molecule has 1 saturated heterocycles. The highest BCUT2D eigenvalue weighted by Crippen LogP contribution is 2.40. The third-order valence-electron chi connectivity index (χ3n) is 6.05. The first-order chi connectivity index (χ1) is 14.9. The topological polar surface area (TPSA) is 112 Å². The van der Waals surface area contributed by atoms with E-state index in [-0.39, 0.29) is 11.6 Å². The summed E-state index contributed by atoms with van der Waals surface area (Å²) in [5.41, 5.74) is 10.1. The number of esters is 1. The number of rotatable bonds is 8. The van der Waals surface area contributed by atoms with E-state index >= 15 is 0 Å². The largest absolute Gasteiger partial charge is 0.497 e. The van der Waals surface area contributed by atoms with Crippen LogP contribution in [-0.4, -0.2) is 52.0 Å². The Balaban J connectivity index is 2.28. The summed E-state index contributed by atoms with van der Waals surface area (Å²) in [5.74, 6) is 0.221. The molecule has 2 unspecified atom stereocenters. The van der Waals surface area contributed by atoms with Gasteiger partial charge < -0.3 is 23.4 Å². The van der Waals surface area contributed by atoms with Crippen LogP contribution in [0.5, 0.6) is 5.75 Å². The Kier molecular flexibility index (Phi) is 8.72. The maximum atomic E-state index is 11.9. The predicted octanol–water partition coefficient (Wildman–Crippen LogP) is 4.96. The van der Waals surface area contributed by atoms with E-state index in [9.17, 15) is 10.3 Å². The summed E-state index contributed by atoms with van der Waals surface area (Å²) in [4.78, 5) is 14.9. The van der Waals surface area contributed by atoms with Crippen molar-refractivity contribution >= 4 is 14.3 Å². The van der Waals surface area contributed by atoms with E-state index in [2.05, 4.69) is 43.9 Å². The Bertz CT molecular complexity index is 820. The van der Waals surface area contributed by atoms with Crippen LogP contribution in [0.4, 0.5) is 0 Å². The summed E-state index contributed by atoms with van der Waals surface area (Å²) in [7, 11) is -0.631. The fourth-order valence-corrected chi connectivity index (χ4v) is 4.58. The number of hydrogen-bond donors (Lipinski definition) is 0. The maximum absolute atomic E-state index is 11.9. The van der Waals surface area contributed by atoms with Crippen molar-refractivity contribution in [2.75, 3.05) is 7.11 Å². The molecule has 0 radical (unpaired) electrons. The minimum absolute atomic E-state index is 0.0632. The molecule has 0 bridgehead atoms. The number of benzene rings is 1. The molecule has 32 heavy (non-hydrogen) atoms. The van der Waals surface area contributed by atoms with Crippen LogP contribution < -0.4 is 4.74 Å². The average molecular weight is 466 g/mol. The number of carbonyl (C=O) groups excluding carboxylic acids is 1. The lowest BCUT2D eigenvalue weighted by atomic mass is 9.97. The number of hydrogen-bond acceptors (Lipinski definition) is 7. The fraction of sp³-hybridized carbons (Fsp3) is 0.682. The van der Waals surface area contributed by atoms with Gasteiger partial charge in [-0.3, -0.25) is 4.79 Å². The first kappa shape index (κ1) is 26.2. The van der Waals surface area contributed by atoms with Gasteiger partial charge in [0.05, 0.1) is 25.9 Å². The van der Waals surface area contributed by atoms with E-state index in [0.29, 0.717) is 0 Å². The first-order valence-corrected chi connectivity index (χ1v) is 13.6. The van der Waals surface area contributed by atoms with Crippen molar-refractivity contribution in [3.8, 4) is 5.75 Å². The second kappa shape index (κ2) is 10.7. The number of azide groups is 1. The molecule has 10 heteroatoms. The molecular formula is C22H35N3O6Si. The van der Waals surface area contributed by atoms with Crippen molar-refractivity contribution in [3.05, 3.63) is 40.3 Å². The Morgan fingerprint density at radius 3 is 2.34 bits per heavy atom. The molecule has 1 aliphatic heterocycles. The smallest absolute Gasteiger partial charge is 0.303 e. The van der Waals surface area contributed by atoms with E-state index in [4.69, 9.17) is 23.4 Å². The summed E-state index contributed by atoms with van der Waals surface area (Å²) in [5, 5.41) is 3.90. The van der Waals surface area contributed by atoms with Crippen LogP contribution in [0.25, 0.3) is 10.4 Å². The van der Waals surface area contributed by atoms with Crippen LogP contribution in [0.1, 0.15) is 40.2 Å². The van der Waals surface area contributed by atoms with Gasteiger partial charge in [0, 0.05) is 11.8 Å². The van der Waals surface area contributed by atoms with E-state index < -0.39 is 44.9 Å². The lowest BCUT2D eigenvalue weighted by Gasteiger charge is -2.47. The van der Waals surface area contributed by atoms with E-state index in [0.717, 1.165) is 11.3 Å². The zero-order valence-corrected chi connectivity index (χ0v) is 21.2. The highest BCUT2D eigenvalue weighted by atomic mass is 28.4. The fourth-order valence-electron chi connectivity index (χ4n) is 3.22. The summed E-state index contributed by atoms with van der Waals surface area (Å²) in [6.07, 6.45) is -2.86. The monoisotopic (exact) mass is 465 g/mol. The molecule has 0 N–H and O–H groups in total. The van der Waals surface area contributed by atoms with Gasteiger partial charge in [-0.1, -0.05) is 38.0 Å². The second-order valence-electron chi connectivity index (χ2n) is 9.48. The zero-order valence-electron chi connectivity index (χ0n) is 20.2. The molecule has 1 fully saturated rings. The average Bonchev–Trinajstić information content (AvgIpc) is 2.70.